The third-order valence-electron chi connectivity index (χ3n) is 3.20. The predicted molar refractivity (Wildman–Crippen MR) is 50.0 cm³/mol. The Balaban J connectivity index is 1.96. The van der Waals surface area contributed by atoms with Crippen LogP contribution in [-0.4, -0.2) is 21.1 Å². The summed E-state index contributed by atoms with van der Waals surface area (Å²) < 4.78 is 0. The van der Waals surface area contributed by atoms with E-state index in [1.807, 2.05) is 0 Å². The summed E-state index contributed by atoms with van der Waals surface area (Å²) in [7, 11) is 0. The Morgan fingerprint density at radius 1 is 1.54 bits per heavy atom. The average molecular weight is 178 g/mol. The van der Waals surface area contributed by atoms with Crippen LogP contribution in [-0.2, 0) is 6.54 Å². The highest BCUT2D eigenvalue weighted by Crippen LogP contribution is 2.42. The largest absolute Gasteiger partial charge is 0.382 e. The first-order valence-electron chi connectivity index (χ1n) is 4.85. The van der Waals surface area contributed by atoms with Crippen LogP contribution >= 0.6 is 0 Å². The maximum absolute atomic E-state index is 5.77. The highest BCUT2D eigenvalue weighted by Gasteiger charge is 2.39. The lowest BCUT2D eigenvalue weighted by Gasteiger charge is -2.20. The highest BCUT2D eigenvalue weighted by molar-refractivity contribution is 5.45. The van der Waals surface area contributed by atoms with Crippen LogP contribution in [0.25, 0.3) is 0 Å². The summed E-state index contributed by atoms with van der Waals surface area (Å²) in [5.41, 5.74) is 8.22. The van der Waals surface area contributed by atoms with E-state index in [1.54, 1.807) is 0 Å². The molecule has 0 aromatic carbocycles. The number of nitrogens with one attached hydrogen (secondary N) is 1. The van der Waals surface area contributed by atoms with Gasteiger partial charge in [0.05, 0.1) is 5.69 Å². The first kappa shape index (κ1) is 7.38. The SMILES string of the molecule is CC1c2[nH]nc(N)c2CN1C1CC1. The summed E-state index contributed by atoms with van der Waals surface area (Å²) in [5.74, 6) is 0.685. The van der Waals surface area contributed by atoms with Gasteiger partial charge in [0.25, 0.3) is 0 Å². The van der Waals surface area contributed by atoms with E-state index in [9.17, 15) is 0 Å². The molecule has 3 N–H and O–H groups in total. The fourth-order valence-electron chi connectivity index (χ4n) is 2.24. The van der Waals surface area contributed by atoms with E-state index in [1.165, 1.54) is 24.1 Å². The van der Waals surface area contributed by atoms with Crippen LogP contribution in [0.4, 0.5) is 5.82 Å². The number of aromatic amines is 1. The van der Waals surface area contributed by atoms with E-state index in [-0.39, 0.29) is 0 Å². The van der Waals surface area contributed by atoms with Gasteiger partial charge in [0.2, 0.25) is 0 Å². The molecule has 0 spiro atoms. The minimum atomic E-state index is 0.479. The molecule has 1 unspecified atom stereocenters. The zero-order valence-electron chi connectivity index (χ0n) is 7.75. The summed E-state index contributed by atoms with van der Waals surface area (Å²) in [4.78, 5) is 2.51. The summed E-state index contributed by atoms with van der Waals surface area (Å²) in [5, 5.41) is 7.06. The third kappa shape index (κ3) is 0.920. The lowest BCUT2D eigenvalue weighted by atomic mass is 10.2. The number of nitrogens with zero attached hydrogens (tertiary/aromatic N) is 2. The molecule has 1 aliphatic carbocycles. The number of anilines is 1. The normalized spacial score (nSPS) is 27.9. The molecule has 1 saturated carbocycles. The van der Waals surface area contributed by atoms with Crippen molar-refractivity contribution in [3.63, 3.8) is 0 Å². The van der Waals surface area contributed by atoms with Crippen LogP contribution in [0.5, 0.6) is 0 Å². The molecule has 4 heteroatoms. The van der Waals surface area contributed by atoms with Gasteiger partial charge in [-0.05, 0) is 19.8 Å². The van der Waals surface area contributed by atoms with Gasteiger partial charge in [-0.3, -0.25) is 10.00 Å². The van der Waals surface area contributed by atoms with Crippen molar-refractivity contribution in [3.05, 3.63) is 11.3 Å². The number of hydrogen-bond donors (Lipinski definition) is 2. The maximum atomic E-state index is 5.77. The van der Waals surface area contributed by atoms with Crippen molar-refractivity contribution in [2.24, 2.45) is 0 Å². The van der Waals surface area contributed by atoms with Crippen LogP contribution in [0, 0.1) is 0 Å². The van der Waals surface area contributed by atoms with Gasteiger partial charge in [-0.1, -0.05) is 0 Å². The summed E-state index contributed by atoms with van der Waals surface area (Å²) in [6.07, 6.45) is 2.70. The molecule has 0 amide bonds. The number of rotatable bonds is 1. The first-order chi connectivity index (χ1) is 6.27. The van der Waals surface area contributed by atoms with Gasteiger partial charge in [-0.25, -0.2) is 0 Å². The molecule has 4 nitrogen and oxygen atoms in total. The standard InChI is InChI=1S/C9H14N4/c1-5-8-7(9(10)12-11-8)4-13(5)6-2-3-6/h5-6H,2-4H2,1H3,(H3,10,11,12). The molecule has 0 bridgehead atoms. The molecule has 1 atom stereocenters. The van der Waals surface area contributed by atoms with Crippen molar-refractivity contribution >= 4 is 5.82 Å². The number of nitrogens with two attached hydrogens (primary N) is 1. The summed E-state index contributed by atoms with van der Waals surface area (Å²) >= 11 is 0. The van der Waals surface area contributed by atoms with Crippen molar-refractivity contribution in [1.82, 2.24) is 15.1 Å². The molecule has 2 heterocycles. The quantitative estimate of drug-likeness (QED) is 0.675. The molecule has 1 aliphatic heterocycles. The summed E-state index contributed by atoms with van der Waals surface area (Å²) in [6, 6.07) is 1.28. The molecular formula is C9H14N4. The van der Waals surface area contributed by atoms with Crippen LogP contribution < -0.4 is 5.73 Å². The monoisotopic (exact) mass is 178 g/mol. The van der Waals surface area contributed by atoms with E-state index in [2.05, 4.69) is 22.0 Å². The highest BCUT2D eigenvalue weighted by atomic mass is 15.3. The zero-order valence-corrected chi connectivity index (χ0v) is 7.75. The smallest absolute Gasteiger partial charge is 0.150 e. The van der Waals surface area contributed by atoms with Crippen molar-refractivity contribution in [3.8, 4) is 0 Å². The van der Waals surface area contributed by atoms with Gasteiger partial charge in [0, 0.05) is 24.2 Å². The zero-order chi connectivity index (χ0) is 9.00. The second kappa shape index (κ2) is 2.26. The van der Waals surface area contributed by atoms with E-state index in [4.69, 9.17) is 5.73 Å². The fourth-order valence-corrected chi connectivity index (χ4v) is 2.24. The van der Waals surface area contributed by atoms with Crippen LogP contribution in [0.3, 0.4) is 0 Å². The number of aromatic nitrogens is 2. The Kier molecular flexibility index (Phi) is 1.28. The molecule has 0 saturated heterocycles. The lowest BCUT2D eigenvalue weighted by Crippen LogP contribution is -2.23. The number of H-pyrrole nitrogens is 1. The van der Waals surface area contributed by atoms with Gasteiger partial charge in [0.1, 0.15) is 5.82 Å². The minimum absolute atomic E-state index is 0.479. The molecule has 2 aliphatic rings. The van der Waals surface area contributed by atoms with Crippen molar-refractivity contribution in [2.75, 3.05) is 5.73 Å². The van der Waals surface area contributed by atoms with Gasteiger partial charge >= 0.3 is 0 Å². The Bertz CT molecular complexity index is 339. The maximum Gasteiger partial charge on any atom is 0.150 e. The number of nitrogen functional groups attached to an aromatic ring is 1. The van der Waals surface area contributed by atoms with Crippen molar-refractivity contribution < 1.29 is 0 Å². The van der Waals surface area contributed by atoms with Crippen LogP contribution in [0.1, 0.15) is 37.1 Å². The van der Waals surface area contributed by atoms with E-state index < -0.39 is 0 Å². The van der Waals surface area contributed by atoms with Gasteiger partial charge in [0.15, 0.2) is 0 Å². The molecule has 3 rings (SSSR count). The molecule has 1 fully saturated rings. The second-order valence-electron chi connectivity index (χ2n) is 4.08. The second-order valence-corrected chi connectivity index (χ2v) is 4.08. The predicted octanol–water partition coefficient (Wildman–Crippen LogP) is 1.03. The van der Waals surface area contributed by atoms with Gasteiger partial charge < -0.3 is 5.73 Å². The van der Waals surface area contributed by atoms with E-state index in [0.717, 1.165) is 12.6 Å². The molecule has 13 heavy (non-hydrogen) atoms. The Labute approximate surface area is 77.1 Å². The van der Waals surface area contributed by atoms with Crippen molar-refractivity contribution in [1.29, 1.82) is 0 Å². The van der Waals surface area contributed by atoms with E-state index in [0.29, 0.717) is 11.9 Å². The topological polar surface area (TPSA) is 57.9 Å². The van der Waals surface area contributed by atoms with Crippen LogP contribution in [0.2, 0.25) is 0 Å². The average Bonchev–Trinajstić information content (AvgIpc) is 2.81. The number of fused-ring (bicyclic) bond motifs is 1. The lowest BCUT2D eigenvalue weighted by molar-refractivity contribution is 0.215. The molecular weight excluding hydrogens is 164 g/mol. The van der Waals surface area contributed by atoms with Crippen molar-refractivity contribution in [2.45, 2.75) is 38.4 Å². The van der Waals surface area contributed by atoms with Crippen LogP contribution in [0.15, 0.2) is 0 Å². The molecule has 1 aromatic rings. The van der Waals surface area contributed by atoms with E-state index >= 15 is 0 Å². The fraction of sp³-hybridized carbons (Fsp3) is 0.667. The third-order valence-corrected chi connectivity index (χ3v) is 3.20. The Morgan fingerprint density at radius 3 is 2.92 bits per heavy atom. The molecule has 1 aromatic heterocycles. The van der Waals surface area contributed by atoms with Gasteiger partial charge in [-0.2, -0.15) is 5.10 Å². The van der Waals surface area contributed by atoms with Gasteiger partial charge in [-0.15, -0.1) is 0 Å². The molecule has 0 radical (unpaired) electrons. The minimum Gasteiger partial charge on any atom is -0.382 e. The Morgan fingerprint density at radius 2 is 2.31 bits per heavy atom. The Hall–Kier alpha value is -1.03. The number of hydrogen-bond acceptors (Lipinski definition) is 3. The summed E-state index contributed by atoms with van der Waals surface area (Å²) in [6.45, 7) is 3.21. The first-order valence-corrected chi connectivity index (χ1v) is 4.85. The molecule has 70 valence electrons.